The first-order valence-corrected chi connectivity index (χ1v) is 3.33. The van der Waals surface area contributed by atoms with Crippen molar-refractivity contribution >= 4 is 11.8 Å². The van der Waals surface area contributed by atoms with Gasteiger partial charge in [-0.2, -0.15) is 5.10 Å². The number of nitrogens with one attached hydrogen (secondary N) is 1. The fourth-order valence-corrected chi connectivity index (χ4v) is 0.949. The molecule has 0 atom stereocenters. The quantitative estimate of drug-likeness (QED) is 0.634. The lowest BCUT2D eigenvalue weighted by atomic mass is 10.1. The van der Waals surface area contributed by atoms with Gasteiger partial charge in [0.2, 0.25) is 0 Å². The Morgan fingerprint density at radius 3 is 2.33 bits per heavy atom. The normalized spacial score (nSPS) is 9.83. The molecule has 1 aromatic rings. The minimum absolute atomic E-state index is 0.0276. The molecule has 5 nitrogen and oxygen atoms in total. The van der Waals surface area contributed by atoms with Crippen molar-refractivity contribution in [2.24, 2.45) is 0 Å². The molecule has 0 aromatic carbocycles. The van der Waals surface area contributed by atoms with Crippen LogP contribution in [-0.2, 0) is 0 Å². The number of hydrogen-bond donors (Lipinski definition) is 2. The van der Waals surface area contributed by atoms with Gasteiger partial charge in [-0.25, -0.2) is 4.79 Å². The minimum Gasteiger partial charge on any atom is -0.477 e. The molecular formula is C7H8N2O3. The van der Waals surface area contributed by atoms with Crippen LogP contribution in [0.25, 0.3) is 0 Å². The van der Waals surface area contributed by atoms with E-state index in [-0.39, 0.29) is 17.2 Å². The molecule has 0 aliphatic carbocycles. The van der Waals surface area contributed by atoms with Gasteiger partial charge in [0.25, 0.3) is 0 Å². The van der Waals surface area contributed by atoms with E-state index in [9.17, 15) is 9.59 Å². The van der Waals surface area contributed by atoms with Gasteiger partial charge in [-0.05, 0) is 6.92 Å². The van der Waals surface area contributed by atoms with Crippen LogP contribution >= 0.6 is 0 Å². The summed E-state index contributed by atoms with van der Waals surface area (Å²) in [6.07, 6.45) is 0. The van der Waals surface area contributed by atoms with Gasteiger partial charge in [0.05, 0.1) is 0 Å². The van der Waals surface area contributed by atoms with Crippen molar-refractivity contribution in [2.75, 3.05) is 0 Å². The monoisotopic (exact) mass is 168 g/mol. The molecule has 0 aliphatic rings. The number of nitrogens with zero attached hydrogens (tertiary/aromatic N) is 1. The van der Waals surface area contributed by atoms with Gasteiger partial charge in [0.1, 0.15) is 11.4 Å². The van der Waals surface area contributed by atoms with Crippen LogP contribution in [0.1, 0.15) is 33.5 Å². The summed E-state index contributed by atoms with van der Waals surface area (Å²) >= 11 is 0. The highest BCUT2D eigenvalue weighted by atomic mass is 16.4. The van der Waals surface area contributed by atoms with Crippen LogP contribution in [0.4, 0.5) is 0 Å². The Hall–Kier alpha value is -1.65. The predicted octanol–water partition coefficient (Wildman–Crippen LogP) is 0.619. The van der Waals surface area contributed by atoms with Crippen LogP contribution in [0.3, 0.4) is 0 Å². The average Bonchev–Trinajstić information content (AvgIpc) is 2.30. The van der Waals surface area contributed by atoms with Crippen molar-refractivity contribution < 1.29 is 14.7 Å². The zero-order chi connectivity index (χ0) is 9.30. The maximum absolute atomic E-state index is 10.8. The molecule has 0 saturated heterocycles. The maximum atomic E-state index is 10.8. The number of carboxylic acids is 1. The number of carboxylic acid groups (broad SMARTS) is 1. The molecule has 0 fully saturated rings. The fourth-order valence-electron chi connectivity index (χ4n) is 0.949. The van der Waals surface area contributed by atoms with Gasteiger partial charge < -0.3 is 5.11 Å². The lowest BCUT2D eigenvalue weighted by molar-refractivity contribution is 0.0689. The summed E-state index contributed by atoms with van der Waals surface area (Å²) in [6.45, 7) is 2.89. The number of carbonyl (C=O) groups excluding carboxylic acids is 1. The highest BCUT2D eigenvalue weighted by Gasteiger charge is 2.16. The van der Waals surface area contributed by atoms with E-state index in [4.69, 9.17) is 5.11 Å². The van der Waals surface area contributed by atoms with Crippen LogP contribution < -0.4 is 0 Å². The summed E-state index contributed by atoms with van der Waals surface area (Å²) in [5.74, 6) is -1.34. The highest BCUT2D eigenvalue weighted by molar-refractivity contribution is 5.97. The Labute approximate surface area is 68.4 Å². The van der Waals surface area contributed by atoms with Crippen molar-refractivity contribution in [3.8, 4) is 0 Å². The molecule has 5 heteroatoms. The number of hydrogen-bond acceptors (Lipinski definition) is 3. The van der Waals surface area contributed by atoms with Gasteiger partial charge in [0.15, 0.2) is 5.78 Å². The van der Waals surface area contributed by atoms with Gasteiger partial charge in [-0.3, -0.25) is 9.89 Å². The summed E-state index contributed by atoms with van der Waals surface area (Å²) in [5.41, 5.74) is 0.544. The first kappa shape index (κ1) is 8.45. The Balaban J connectivity index is 3.22. The molecule has 0 amide bonds. The van der Waals surface area contributed by atoms with E-state index in [1.54, 1.807) is 6.92 Å². The third kappa shape index (κ3) is 1.20. The Bertz CT molecular complexity index is 309. The molecule has 2 N–H and O–H groups in total. The number of H-pyrrole nitrogens is 1. The first-order chi connectivity index (χ1) is 5.54. The van der Waals surface area contributed by atoms with Crippen LogP contribution in [-0.4, -0.2) is 27.1 Å². The van der Waals surface area contributed by atoms with E-state index < -0.39 is 5.97 Å². The van der Waals surface area contributed by atoms with E-state index >= 15 is 0 Å². The number of ketones is 1. The second-order valence-electron chi connectivity index (χ2n) is 2.43. The van der Waals surface area contributed by atoms with Crippen LogP contribution in [0, 0.1) is 6.92 Å². The van der Waals surface area contributed by atoms with E-state index in [0.717, 1.165) is 0 Å². The van der Waals surface area contributed by atoms with E-state index in [1.807, 2.05) is 0 Å². The molecule has 64 valence electrons. The van der Waals surface area contributed by atoms with Gasteiger partial charge in [-0.1, -0.05) is 0 Å². The minimum atomic E-state index is -1.10. The van der Waals surface area contributed by atoms with Crippen molar-refractivity contribution in [3.63, 3.8) is 0 Å². The Kier molecular flexibility index (Phi) is 1.95. The smallest absolute Gasteiger partial charge is 0.354 e. The maximum Gasteiger partial charge on any atom is 0.354 e. The van der Waals surface area contributed by atoms with Crippen LogP contribution in [0.2, 0.25) is 0 Å². The van der Waals surface area contributed by atoms with Crippen molar-refractivity contribution in [1.82, 2.24) is 10.2 Å². The Morgan fingerprint density at radius 2 is 2.08 bits per heavy atom. The zero-order valence-corrected chi connectivity index (χ0v) is 6.71. The predicted molar refractivity (Wildman–Crippen MR) is 40.3 cm³/mol. The van der Waals surface area contributed by atoms with Gasteiger partial charge in [-0.15, -0.1) is 0 Å². The van der Waals surface area contributed by atoms with E-state index in [0.29, 0.717) is 5.56 Å². The summed E-state index contributed by atoms with van der Waals surface area (Å²) in [6, 6.07) is 0. The lowest BCUT2D eigenvalue weighted by Crippen LogP contribution is -2.00. The topological polar surface area (TPSA) is 83.0 Å². The third-order valence-corrected chi connectivity index (χ3v) is 1.56. The number of aromatic amines is 1. The fraction of sp³-hybridized carbons (Fsp3) is 0.286. The molecular weight excluding hydrogens is 160 g/mol. The second-order valence-corrected chi connectivity index (χ2v) is 2.43. The zero-order valence-electron chi connectivity index (χ0n) is 6.71. The molecule has 0 aliphatic heterocycles. The van der Waals surface area contributed by atoms with Crippen molar-refractivity contribution in [2.45, 2.75) is 13.8 Å². The average molecular weight is 168 g/mol. The summed E-state index contributed by atoms with van der Waals surface area (Å²) in [7, 11) is 0. The van der Waals surface area contributed by atoms with Gasteiger partial charge >= 0.3 is 5.97 Å². The molecule has 0 spiro atoms. The summed E-state index contributed by atoms with van der Waals surface area (Å²) in [5, 5.41) is 14.4. The number of Topliss-reactive ketones (excluding diaryl/α,β-unsaturated/α-hetero) is 1. The number of rotatable bonds is 2. The second kappa shape index (κ2) is 2.77. The largest absolute Gasteiger partial charge is 0.477 e. The van der Waals surface area contributed by atoms with E-state index in [1.165, 1.54) is 6.92 Å². The SMILES string of the molecule is CC(=O)c1n[nH]c(C(=O)O)c1C. The molecule has 12 heavy (non-hydrogen) atoms. The standard InChI is InChI=1S/C7H8N2O3/c1-3-5(4(2)10)8-9-6(3)7(11)12/h1-2H3,(H,8,9)(H,11,12). The number of carbonyl (C=O) groups is 2. The Morgan fingerprint density at radius 1 is 1.50 bits per heavy atom. The van der Waals surface area contributed by atoms with Crippen LogP contribution in [0.5, 0.6) is 0 Å². The van der Waals surface area contributed by atoms with E-state index in [2.05, 4.69) is 10.2 Å². The molecule has 0 bridgehead atoms. The lowest BCUT2D eigenvalue weighted by Gasteiger charge is -1.90. The molecule has 1 heterocycles. The highest BCUT2D eigenvalue weighted by Crippen LogP contribution is 2.09. The van der Waals surface area contributed by atoms with Crippen molar-refractivity contribution in [3.05, 3.63) is 17.0 Å². The molecule has 0 radical (unpaired) electrons. The summed E-state index contributed by atoms with van der Waals surface area (Å²) < 4.78 is 0. The molecule has 1 rings (SSSR count). The number of aromatic nitrogens is 2. The summed E-state index contributed by atoms with van der Waals surface area (Å²) in [4.78, 5) is 21.3. The molecule has 1 aromatic heterocycles. The molecule has 0 unspecified atom stereocenters. The third-order valence-electron chi connectivity index (χ3n) is 1.56. The van der Waals surface area contributed by atoms with Crippen LogP contribution in [0.15, 0.2) is 0 Å². The molecule has 0 saturated carbocycles. The first-order valence-electron chi connectivity index (χ1n) is 3.33. The number of aromatic carboxylic acids is 1. The van der Waals surface area contributed by atoms with Crippen molar-refractivity contribution in [1.29, 1.82) is 0 Å². The van der Waals surface area contributed by atoms with Gasteiger partial charge in [0, 0.05) is 12.5 Å².